The van der Waals surface area contributed by atoms with Gasteiger partial charge >= 0.3 is 0 Å². The van der Waals surface area contributed by atoms with Crippen LogP contribution >= 0.6 is 7.14 Å². The molecule has 0 aliphatic carbocycles. The summed E-state index contributed by atoms with van der Waals surface area (Å²) in [6, 6.07) is 15.3. The molecule has 0 saturated heterocycles. The topological polar surface area (TPSA) is 81.9 Å². The molecule has 0 unspecified atom stereocenters. The molecule has 0 fully saturated rings. The molecule has 30 heavy (non-hydrogen) atoms. The van der Waals surface area contributed by atoms with E-state index in [1.54, 1.807) is 31.7 Å². The van der Waals surface area contributed by atoms with Gasteiger partial charge in [-0.1, -0.05) is 17.7 Å². The monoisotopic (exact) mass is 419 g/mol. The van der Waals surface area contributed by atoms with Gasteiger partial charge in [-0.2, -0.15) is 10.2 Å². The second-order valence-corrected chi connectivity index (χ2v) is 11.4. The van der Waals surface area contributed by atoms with E-state index < -0.39 is 7.14 Å². The number of nitriles is 1. The number of nitrogens with one attached hydrogen (secondary N) is 1. The molecule has 0 atom stereocenters. The Kier molecular flexibility index (Phi) is 6.24. The largest absolute Gasteiger partial charge is 0.340 e. The maximum atomic E-state index is 12.6. The summed E-state index contributed by atoms with van der Waals surface area (Å²) in [7, 11) is -2.41. The lowest BCUT2D eigenvalue weighted by Gasteiger charge is -2.25. The maximum absolute atomic E-state index is 12.6. The zero-order valence-electron chi connectivity index (χ0n) is 18.0. The average Bonchev–Trinajstić information content (AvgIpc) is 2.68. The highest BCUT2D eigenvalue weighted by atomic mass is 31.2. The smallest absolute Gasteiger partial charge is 0.232 e. The molecule has 0 spiro atoms. The van der Waals surface area contributed by atoms with Gasteiger partial charge in [-0.05, 0) is 75.6 Å². The fourth-order valence-corrected chi connectivity index (χ4v) is 4.34. The molecule has 0 amide bonds. The predicted octanol–water partition coefficient (Wildman–Crippen LogP) is 5.74. The Balaban J connectivity index is 1.99. The Bertz CT molecular complexity index is 1120. The van der Waals surface area contributed by atoms with E-state index in [2.05, 4.69) is 49.3 Å². The van der Waals surface area contributed by atoms with Crippen LogP contribution in [-0.2, 0) is 4.57 Å². The SMILES string of the molecule is Cc1cc(C)c(Nc2ccnc(N(CP(C)(C)=O)c3ccc(C#N)cc3)n2)c(C)c1. The van der Waals surface area contributed by atoms with Gasteiger partial charge in [0.05, 0.1) is 17.9 Å². The normalized spacial score (nSPS) is 11.1. The molecule has 1 aromatic heterocycles. The summed E-state index contributed by atoms with van der Waals surface area (Å²) in [5.41, 5.74) is 5.88. The highest BCUT2D eigenvalue weighted by molar-refractivity contribution is 7.62. The highest BCUT2D eigenvalue weighted by Crippen LogP contribution is 2.40. The molecule has 0 saturated carbocycles. The van der Waals surface area contributed by atoms with Crippen molar-refractivity contribution >= 4 is 30.3 Å². The molecule has 3 rings (SSSR count). The van der Waals surface area contributed by atoms with Crippen molar-refractivity contribution in [3.63, 3.8) is 0 Å². The van der Waals surface area contributed by atoms with Crippen molar-refractivity contribution in [3.8, 4) is 6.07 Å². The van der Waals surface area contributed by atoms with Crippen LogP contribution < -0.4 is 10.2 Å². The lowest BCUT2D eigenvalue weighted by molar-refractivity contribution is 0.582. The molecule has 0 aliphatic rings. The van der Waals surface area contributed by atoms with Crippen molar-refractivity contribution in [2.75, 3.05) is 29.8 Å². The lowest BCUT2D eigenvalue weighted by atomic mass is 10.1. The number of hydrogen-bond donors (Lipinski definition) is 1. The molecule has 1 N–H and O–H groups in total. The summed E-state index contributed by atoms with van der Waals surface area (Å²) in [5, 5.41) is 12.5. The Hall–Kier alpha value is -3.16. The summed E-state index contributed by atoms with van der Waals surface area (Å²) < 4.78 is 12.6. The Morgan fingerprint density at radius 2 is 1.70 bits per heavy atom. The molecule has 6 nitrogen and oxygen atoms in total. The molecule has 1 heterocycles. The first-order valence-corrected chi connectivity index (χ1v) is 12.4. The number of nitrogens with zero attached hydrogens (tertiary/aromatic N) is 4. The number of aromatic nitrogens is 2. The summed E-state index contributed by atoms with van der Waals surface area (Å²) in [5.74, 6) is 1.12. The van der Waals surface area contributed by atoms with E-state index in [-0.39, 0.29) is 0 Å². The molecule has 0 aliphatic heterocycles. The molecule has 154 valence electrons. The van der Waals surface area contributed by atoms with Gasteiger partial charge in [-0.15, -0.1) is 0 Å². The van der Waals surface area contributed by atoms with Gasteiger partial charge in [0.15, 0.2) is 0 Å². The number of hydrogen-bond acceptors (Lipinski definition) is 6. The number of rotatable bonds is 6. The summed E-state index contributed by atoms with van der Waals surface area (Å²) in [6.45, 7) is 9.70. The van der Waals surface area contributed by atoms with Crippen LogP contribution in [0, 0.1) is 32.1 Å². The lowest BCUT2D eigenvalue weighted by Crippen LogP contribution is -2.21. The quantitative estimate of drug-likeness (QED) is 0.514. The number of anilines is 4. The zero-order valence-corrected chi connectivity index (χ0v) is 18.9. The predicted molar refractivity (Wildman–Crippen MR) is 124 cm³/mol. The van der Waals surface area contributed by atoms with Crippen molar-refractivity contribution in [2.45, 2.75) is 20.8 Å². The third-order valence-corrected chi connectivity index (χ3v) is 5.57. The molecule has 0 bridgehead atoms. The highest BCUT2D eigenvalue weighted by Gasteiger charge is 2.20. The maximum Gasteiger partial charge on any atom is 0.232 e. The standard InChI is InChI=1S/C23H26N5OP/c1-16-12-17(2)22(18(3)13-16)26-21-10-11-25-23(27-21)28(15-30(4,5)29)20-8-6-19(14-24)7-9-20/h6-13H,15H2,1-5H3,(H,25,26,27). The van der Waals surface area contributed by atoms with Crippen LogP contribution in [0.3, 0.4) is 0 Å². The fraction of sp³-hybridized carbons (Fsp3) is 0.261. The minimum Gasteiger partial charge on any atom is -0.340 e. The first-order valence-electron chi connectivity index (χ1n) is 9.66. The van der Waals surface area contributed by atoms with E-state index in [0.717, 1.165) is 22.5 Å². The number of benzene rings is 2. The molecule has 2 aromatic carbocycles. The van der Waals surface area contributed by atoms with Crippen LogP contribution in [0.5, 0.6) is 0 Å². The first kappa shape index (κ1) is 21.5. The Morgan fingerprint density at radius 3 is 2.27 bits per heavy atom. The summed E-state index contributed by atoms with van der Waals surface area (Å²) in [6.07, 6.45) is 1.99. The van der Waals surface area contributed by atoms with E-state index in [4.69, 9.17) is 10.2 Å². The minimum atomic E-state index is -2.41. The van der Waals surface area contributed by atoms with Crippen LogP contribution in [0.15, 0.2) is 48.7 Å². The van der Waals surface area contributed by atoms with E-state index >= 15 is 0 Å². The van der Waals surface area contributed by atoms with E-state index in [1.165, 1.54) is 5.56 Å². The second-order valence-electron chi connectivity index (χ2n) is 7.94. The van der Waals surface area contributed by atoms with Crippen LogP contribution in [-0.4, -0.2) is 29.6 Å². The van der Waals surface area contributed by atoms with Crippen molar-refractivity contribution in [3.05, 3.63) is 70.9 Å². The molecular formula is C23H26N5OP. The molecule has 3 aromatic rings. The van der Waals surface area contributed by atoms with Crippen LogP contribution in [0.1, 0.15) is 22.3 Å². The van der Waals surface area contributed by atoms with Gasteiger partial charge in [-0.25, -0.2) is 4.98 Å². The fourth-order valence-electron chi connectivity index (χ4n) is 3.37. The van der Waals surface area contributed by atoms with Crippen LogP contribution in [0.25, 0.3) is 0 Å². The zero-order chi connectivity index (χ0) is 21.9. The third-order valence-electron chi connectivity index (χ3n) is 4.60. The van der Waals surface area contributed by atoms with Crippen LogP contribution in [0.2, 0.25) is 0 Å². The van der Waals surface area contributed by atoms with Gasteiger partial charge < -0.3 is 14.8 Å². The van der Waals surface area contributed by atoms with Gasteiger partial charge in [0.25, 0.3) is 0 Å². The Morgan fingerprint density at radius 1 is 1.07 bits per heavy atom. The molecular weight excluding hydrogens is 393 g/mol. The van der Waals surface area contributed by atoms with Gasteiger partial charge in [0.2, 0.25) is 5.95 Å². The van der Waals surface area contributed by atoms with E-state index in [9.17, 15) is 4.57 Å². The molecule has 7 heteroatoms. The van der Waals surface area contributed by atoms with Gasteiger partial charge in [0, 0.05) is 17.6 Å². The van der Waals surface area contributed by atoms with Crippen molar-refractivity contribution in [1.82, 2.24) is 9.97 Å². The van der Waals surface area contributed by atoms with Crippen molar-refractivity contribution in [2.24, 2.45) is 0 Å². The van der Waals surface area contributed by atoms with Gasteiger partial charge in [-0.3, -0.25) is 0 Å². The minimum absolute atomic E-state index is 0.297. The van der Waals surface area contributed by atoms with E-state index in [1.807, 2.05) is 23.1 Å². The van der Waals surface area contributed by atoms with Gasteiger partial charge in [0.1, 0.15) is 13.0 Å². The van der Waals surface area contributed by atoms with E-state index in [0.29, 0.717) is 23.6 Å². The molecule has 0 radical (unpaired) electrons. The van der Waals surface area contributed by atoms with Crippen molar-refractivity contribution < 1.29 is 4.57 Å². The third kappa shape index (κ3) is 5.25. The summed E-state index contributed by atoms with van der Waals surface area (Å²) >= 11 is 0. The average molecular weight is 419 g/mol. The van der Waals surface area contributed by atoms with Crippen molar-refractivity contribution in [1.29, 1.82) is 5.26 Å². The summed E-state index contributed by atoms with van der Waals surface area (Å²) in [4.78, 5) is 11.0. The second kappa shape index (κ2) is 8.69. The van der Waals surface area contributed by atoms with Crippen LogP contribution in [0.4, 0.5) is 23.1 Å². The Labute approximate surface area is 178 Å². The first-order chi connectivity index (χ1) is 14.2. The number of aryl methyl sites for hydroxylation is 3.